The number of amides is 4. The molecule has 3 N–H and O–H groups in total. The Balaban J connectivity index is 0.000000225. The summed E-state index contributed by atoms with van der Waals surface area (Å²) >= 11 is 6.04. The lowest BCUT2D eigenvalue weighted by atomic mass is 10.2. The number of sulfonamides is 1. The van der Waals surface area contributed by atoms with E-state index in [1.165, 1.54) is 33.4 Å². The van der Waals surface area contributed by atoms with Crippen molar-refractivity contribution >= 4 is 57.3 Å². The Morgan fingerprint density at radius 3 is 2.24 bits per heavy atom. The summed E-state index contributed by atoms with van der Waals surface area (Å²) in [6.45, 7) is 3.27. The van der Waals surface area contributed by atoms with E-state index in [-0.39, 0.29) is 46.0 Å². The Morgan fingerprint density at radius 1 is 1.08 bits per heavy atom. The molecule has 2 aliphatic rings. The number of benzene rings is 1. The zero-order chi connectivity index (χ0) is 36.9. The highest BCUT2D eigenvalue weighted by Crippen LogP contribution is 2.37. The van der Waals surface area contributed by atoms with Crippen molar-refractivity contribution in [2.75, 3.05) is 24.4 Å². The van der Waals surface area contributed by atoms with E-state index in [1.54, 1.807) is 18.6 Å². The summed E-state index contributed by atoms with van der Waals surface area (Å²) in [5.41, 5.74) is -0.279. The van der Waals surface area contributed by atoms with Crippen LogP contribution in [0.4, 0.5) is 25.6 Å². The molecule has 0 bridgehead atoms. The van der Waals surface area contributed by atoms with Gasteiger partial charge in [0.1, 0.15) is 17.1 Å². The van der Waals surface area contributed by atoms with E-state index in [1.807, 2.05) is 0 Å². The van der Waals surface area contributed by atoms with Crippen LogP contribution in [0.5, 0.6) is 17.5 Å². The Bertz CT molecular complexity index is 1950. The van der Waals surface area contributed by atoms with E-state index in [4.69, 9.17) is 35.7 Å². The summed E-state index contributed by atoms with van der Waals surface area (Å²) in [5.74, 6) is -3.01. The van der Waals surface area contributed by atoms with Gasteiger partial charge in [-0.3, -0.25) is 14.8 Å². The van der Waals surface area contributed by atoms with Gasteiger partial charge in [0.2, 0.25) is 17.7 Å². The van der Waals surface area contributed by atoms with Crippen LogP contribution in [-0.4, -0.2) is 77.6 Å². The molecule has 1 aliphatic carbocycles. The molecule has 1 aliphatic heterocycles. The number of anilines is 2. The molecule has 18 nitrogen and oxygen atoms in total. The molecule has 21 heteroatoms. The molecule has 1 aromatic carbocycles. The first kappa shape index (κ1) is 37.3. The van der Waals surface area contributed by atoms with Crippen molar-refractivity contribution in [1.82, 2.24) is 24.5 Å². The minimum atomic E-state index is -4.53. The summed E-state index contributed by atoms with van der Waals surface area (Å²) in [4.78, 5) is 55.7. The lowest BCUT2D eigenvalue weighted by molar-refractivity contribution is -0.114. The first-order valence-corrected chi connectivity index (χ1v) is 16.4. The van der Waals surface area contributed by atoms with Crippen LogP contribution in [0, 0.1) is 5.82 Å². The van der Waals surface area contributed by atoms with Crippen LogP contribution in [0.15, 0.2) is 40.8 Å². The average Bonchev–Trinajstić information content (AvgIpc) is 3.78. The van der Waals surface area contributed by atoms with Gasteiger partial charge in [-0.25, -0.2) is 28.4 Å². The second-order valence-corrected chi connectivity index (χ2v) is 12.7. The van der Waals surface area contributed by atoms with Crippen molar-refractivity contribution in [2.24, 2.45) is 7.05 Å². The predicted octanol–water partition coefficient (Wildman–Crippen LogP) is 4.01. The van der Waals surface area contributed by atoms with Crippen LogP contribution in [0.25, 0.3) is 0 Å². The molecule has 0 atom stereocenters. The highest BCUT2D eigenvalue weighted by Gasteiger charge is 2.40. The molecule has 4 amide bonds. The van der Waals surface area contributed by atoms with Crippen molar-refractivity contribution < 1.29 is 56.0 Å². The number of carboxylic acids is 1. The van der Waals surface area contributed by atoms with Gasteiger partial charge in [0.05, 0.1) is 43.3 Å². The predicted molar refractivity (Wildman–Crippen MR) is 171 cm³/mol. The number of ether oxygens (including phenoxy) is 4. The number of allylic oxidation sites excluding steroid dienone is 1. The second kappa shape index (κ2) is 15.4. The molecule has 2 fully saturated rings. The number of aryl methyl sites for hydroxylation is 1. The van der Waals surface area contributed by atoms with Crippen molar-refractivity contribution in [2.45, 2.75) is 50.7 Å². The number of rotatable bonds is 9. The number of hydrogen-bond donors (Lipinski definition) is 3. The molecule has 1 saturated carbocycles. The van der Waals surface area contributed by atoms with Gasteiger partial charge in [-0.1, -0.05) is 11.6 Å². The van der Waals surface area contributed by atoms with E-state index >= 15 is 0 Å². The number of aromatic nitrogens is 4. The topological polar surface area (TPSA) is 230 Å². The zero-order valence-corrected chi connectivity index (χ0v) is 28.7. The van der Waals surface area contributed by atoms with Gasteiger partial charge in [-0.05, 0) is 51.2 Å². The van der Waals surface area contributed by atoms with E-state index in [2.05, 4.69) is 20.4 Å². The van der Waals surface area contributed by atoms with Crippen LogP contribution in [0.3, 0.4) is 0 Å². The Hall–Kier alpha value is -5.50. The number of hydrogen-bond acceptors (Lipinski definition) is 13. The summed E-state index contributed by atoms with van der Waals surface area (Å²) in [7, 11) is -0.667. The van der Waals surface area contributed by atoms with Crippen molar-refractivity contribution in [3.8, 4) is 17.5 Å². The molecule has 1 saturated heterocycles. The number of carboxylic acid groups (broad SMARTS) is 1. The highest BCUT2D eigenvalue weighted by molar-refractivity contribution is 7.90. The van der Waals surface area contributed by atoms with Crippen LogP contribution < -0.4 is 29.1 Å². The minimum absolute atomic E-state index is 0.00962. The number of carbonyl (C=O) groups excluding carboxylic acids is 3. The average molecular weight is 740 g/mol. The standard InChI is InChI=1S/C17H17ClFNO4.C12H14N6O7S/c1-9(2)15-16(21)20(17(22)24-15)13-8-14(11(18)7-12(13)19)23-10-5-3-4-6-10;1-18-9(6(5-13-18)10(19)20)26(22,23)17-12(21)16-11-14-7(24-2)4-8(15-11)25-3/h7-8,10H,3-6H2,1-2H3;4-5H,1-3H3,(H,19,20)(H2,14,15,16,17,21). The number of carbonyl (C=O) groups is 4. The van der Waals surface area contributed by atoms with E-state index in [0.717, 1.165) is 42.6 Å². The summed E-state index contributed by atoms with van der Waals surface area (Å²) < 4.78 is 61.9. The maximum atomic E-state index is 14.3. The number of halogens is 2. The first-order chi connectivity index (χ1) is 23.6. The highest BCUT2D eigenvalue weighted by atomic mass is 35.5. The van der Waals surface area contributed by atoms with Gasteiger partial charge in [0, 0.05) is 13.1 Å². The van der Waals surface area contributed by atoms with Crippen molar-refractivity contribution in [3.05, 3.63) is 52.1 Å². The summed E-state index contributed by atoms with van der Waals surface area (Å²) in [5, 5.41) is 14.1. The fourth-order valence-electron chi connectivity index (χ4n) is 4.71. The van der Waals surface area contributed by atoms with Gasteiger partial charge >= 0.3 is 24.0 Å². The third-order valence-electron chi connectivity index (χ3n) is 6.98. The van der Waals surface area contributed by atoms with Crippen LogP contribution in [0.2, 0.25) is 5.02 Å². The molecular formula is C29H31ClFN7O11S. The molecule has 0 spiro atoms. The Labute approximate surface area is 289 Å². The lowest BCUT2D eigenvalue weighted by Gasteiger charge is -2.18. The number of imide groups is 1. The maximum absolute atomic E-state index is 14.3. The molecule has 2 aromatic heterocycles. The molecular weight excluding hydrogens is 709 g/mol. The third-order valence-corrected chi connectivity index (χ3v) is 8.72. The van der Waals surface area contributed by atoms with Gasteiger partial charge in [-0.2, -0.15) is 23.5 Å². The molecule has 0 radical (unpaired) electrons. The van der Waals surface area contributed by atoms with Crippen LogP contribution in [0.1, 0.15) is 49.9 Å². The number of urea groups is 1. The molecule has 0 unspecified atom stereocenters. The van der Waals surface area contributed by atoms with E-state index in [9.17, 15) is 32.0 Å². The monoisotopic (exact) mass is 739 g/mol. The first-order valence-electron chi connectivity index (χ1n) is 14.5. The SMILES string of the molecule is CC(C)=C1OC(=O)N(c2cc(OC3CCCC3)c(Cl)cc2F)C1=O.COc1cc(OC)nc(NC(=O)NS(=O)(=O)c2c(C(=O)O)cnn2C)n1. The fourth-order valence-corrected chi connectivity index (χ4v) is 6.12. The van der Waals surface area contributed by atoms with Gasteiger partial charge in [-0.15, -0.1) is 0 Å². The van der Waals surface area contributed by atoms with Gasteiger partial charge in [0.15, 0.2) is 10.8 Å². The van der Waals surface area contributed by atoms with E-state index < -0.39 is 50.4 Å². The zero-order valence-electron chi connectivity index (χ0n) is 27.1. The molecule has 268 valence electrons. The van der Waals surface area contributed by atoms with Crippen molar-refractivity contribution in [3.63, 3.8) is 0 Å². The summed E-state index contributed by atoms with van der Waals surface area (Å²) in [6.07, 6.45) is 3.85. The van der Waals surface area contributed by atoms with Crippen LogP contribution in [-0.2, 0) is 26.6 Å². The Kier molecular flexibility index (Phi) is 11.5. The second-order valence-electron chi connectivity index (χ2n) is 10.7. The summed E-state index contributed by atoms with van der Waals surface area (Å²) in [6, 6.07) is 2.44. The number of nitrogens with zero attached hydrogens (tertiary/aromatic N) is 5. The quantitative estimate of drug-likeness (QED) is 0.263. The van der Waals surface area contributed by atoms with Crippen molar-refractivity contribution in [1.29, 1.82) is 0 Å². The molecule has 50 heavy (non-hydrogen) atoms. The maximum Gasteiger partial charge on any atom is 0.427 e. The smallest absolute Gasteiger partial charge is 0.427 e. The number of aromatic carboxylic acids is 1. The largest absolute Gasteiger partial charge is 0.489 e. The Morgan fingerprint density at radius 2 is 1.70 bits per heavy atom. The minimum Gasteiger partial charge on any atom is -0.489 e. The number of cyclic esters (lactones) is 1. The third kappa shape index (κ3) is 8.37. The fraction of sp³-hybridized carbons (Fsp3) is 0.345. The lowest BCUT2D eigenvalue weighted by Crippen LogP contribution is -2.36. The number of nitrogens with one attached hydrogen (secondary N) is 2. The van der Waals surface area contributed by atoms with E-state index in [0.29, 0.717) is 10.5 Å². The molecule has 5 rings (SSSR count). The normalized spacial score (nSPS) is 14.5. The molecule has 3 aromatic rings. The molecule has 3 heterocycles. The number of methoxy groups -OCH3 is 2. The van der Waals surface area contributed by atoms with Gasteiger partial charge < -0.3 is 24.1 Å². The van der Waals surface area contributed by atoms with Gasteiger partial charge in [0.25, 0.3) is 10.0 Å². The van der Waals surface area contributed by atoms with Crippen LogP contribution >= 0.6 is 11.6 Å².